The predicted octanol–water partition coefficient (Wildman–Crippen LogP) is 1.13. The van der Waals surface area contributed by atoms with Crippen LogP contribution in [0.5, 0.6) is 0 Å². The van der Waals surface area contributed by atoms with Crippen molar-refractivity contribution in [2.24, 2.45) is 0 Å². The molecule has 0 bridgehead atoms. The first-order valence-corrected chi connectivity index (χ1v) is 8.43. The van der Waals surface area contributed by atoms with Crippen molar-refractivity contribution in [3.8, 4) is 0 Å². The molecule has 0 aromatic carbocycles. The molecule has 0 saturated heterocycles. The van der Waals surface area contributed by atoms with Crippen LogP contribution in [0, 0.1) is 0 Å². The maximum atomic E-state index is 11.3. The molecule has 0 rings (SSSR count). The molecule has 4 nitrogen and oxygen atoms in total. The van der Waals surface area contributed by atoms with Gasteiger partial charge in [0.2, 0.25) is 0 Å². The van der Waals surface area contributed by atoms with Crippen LogP contribution in [0.25, 0.3) is 0 Å². The number of nitrogens with one attached hydrogen (secondary N) is 1. The van der Waals surface area contributed by atoms with Gasteiger partial charge in [-0.2, -0.15) is 0 Å². The Morgan fingerprint density at radius 3 is 2.24 bits per heavy atom. The normalized spacial score (nSPS) is 14.2. The van der Waals surface area contributed by atoms with E-state index in [9.17, 15) is 8.42 Å². The summed E-state index contributed by atoms with van der Waals surface area (Å²) in [6.45, 7) is 12.1. The second-order valence-electron chi connectivity index (χ2n) is 4.43. The van der Waals surface area contributed by atoms with Crippen LogP contribution in [0.2, 0.25) is 0 Å². The number of sulfone groups is 1. The summed E-state index contributed by atoms with van der Waals surface area (Å²) in [5, 5.41) is 3.37. The van der Waals surface area contributed by atoms with Crippen LogP contribution in [0.3, 0.4) is 0 Å². The van der Waals surface area contributed by atoms with Gasteiger partial charge in [-0.3, -0.25) is 0 Å². The fourth-order valence-electron chi connectivity index (χ4n) is 1.72. The lowest BCUT2D eigenvalue weighted by Crippen LogP contribution is -2.39. The minimum Gasteiger partial charge on any atom is -0.313 e. The van der Waals surface area contributed by atoms with Crippen LogP contribution >= 0.6 is 0 Å². The Labute approximate surface area is 107 Å². The van der Waals surface area contributed by atoms with Gasteiger partial charge in [0.1, 0.15) is 9.84 Å². The van der Waals surface area contributed by atoms with Gasteiger partial charge in [-0.25, -0.2) is 8.42 Å². The van der Waals surface area contributed by atoms with E-state index in [1.54, 1.807) is 6.92 Å². The Morgan fingerprint density at radius 1 is 1.18 bits per heavy atom. The van der Waals surface area contributed by atoms with Gasteiger partial charge in [0, 0.05) is 18.3 Å². The lowest BCUT2D eigenvalue weighted by Gasteiger charge is -2.23. The van der Waals surface area contributed by atoms with Crippen molar-refractivity contribution >= 4 is 9.84 Å². The molecule has 0 saturated carbocycles. The summed E-state index contributed by atoms with van der Waals surface area (Å²) in [7, 11) is -2.80. The first-order chi connectivity index (χ1) is 7.95. The molecule has 0 aromatic heterocycles. The molecule has 0 aromatic rings. The van der Waals surface area contributed by atoms with E-state index in [0.717, 1.165) is 26.2 Å². The number of likely N-dealkylation sites (N-methyl/N-ethyl adjacent to an activating group) is 1. The molecular weight excluding hydrogens is 236 g/mol. The molecule has 0 aliphatic heterocycles. The van der Waals surface area contributed by atoms with E-state index in [0.29, 0.717) is 18.2 Å². The first-order valence-electron chi connectivity index (χ1n) is 6.61. The zero-order valence-corrected chi connectivity index (χ0v) is 12.5. The first kappa shape index (κ1) is 16.9. The molecule has 1 N–H and O–H groups in total. The molecule has 0 aliphatic carbocycles. The zero-order chi connectivity index (χ0) is 13.3. The SMILES string of the molecule is CCN(CC)CC(C)NCCCS(=O)(=O)CC. The highest BCUT2D eigenvalue weighted by Gasteiger charge is 2.08. The fourth-order valence-corrected chi connectivity index (χ4v) is 2.59. The Morgan fingerprint density at radius 2 is 1.76 bits per heavy atom. The lowest BCUT2D eigenvalue weighted by molar-refractivity contribution is 0.271. The van der Waals surface area contributed by atoms with Crippen LogP contribution in [0.4, 0.5) is 0 Å². The Bertz CT molecular complexity index is 274. The number of rotatable bonds is 10. The van der Waals surface area contributed by atoms with E-state index in [1.807, 2.05) is 0 Å². The summed E-state index contributed by atoms with van der Waals surface area (Å²) < 4.78 is 22.6. The molecule has 0 amide bonds. The third-order valence-corrected chi connectivity index (χ3v) is 4.78. The van der Waals surface area contributed by atoms with Crippen molar-refractivity contribution in [2.45, 2.75) is 40.2 Å². The number of hydrogen-bond donors (Lipinski definition) is 1. The highest BCUT2D eigenvalue weighted by molar-refractivity contribution is 7.91. The topological polar surface area (TPSA) is 49.4 Å². The van der Waals surface area contributed by atoms with Gasteiger partial charge < -0.3 is 10.2 Å². The third kappa shape index (κ3) is 8.57. The van der Waals surface area contributed by atoms with E-state index in [1.165, 1.54) is 0 Å². The lowest BCUT2D eigenvalue weighted by atomic mass is 10.3. The highest BCUT2D eigenvalue weighted by atomic mass is 32.2. The van der Waals surface area contributed by atoms with Gasteiger partial charge in [0.05, 0.1) is 5.75 Å². The second-order valence-corrected chi connectivity index (χ2v) is 6.90. The quantitative estimate of drug-likeness (QED) is 0.601. The molecule has 0 fully saturated rings. The Hall–Kier alpha value is -0.130. The molecule has 0 spiro atoms. The van der Waals surface area contributed by atoms with Crippen LogP contribution in [0.1, 0.15) is 34.1 Å². The minimum absolute atomic E-state index is 0.252. The average Bonchev–Trinajstić information content (AvgIpc) is 2.31. The maximum absolute atomic E-state index is 11.3. The Kier molecular flexibility index (Phi) is 8.82. The van der Waals surface area contributed by atoms with Crippen LogP contribution in [-0.2, 0) is 9.84 Å². The van der Waals surface area contributed by atoms with Crippen molar-refractivity contribution in [3.05, 3.63) is 0 Å². The van der Waals surface area contributed by atoms with Crippen LogP contribution < -0.4 is 5.32 Å². The standard InChI is InChI=1S/C12H28N2O2S/c1-5-14(6-2)11-12(4)13-9-8-10-17(15,16)7-3/h12-13H,5-11H2,1-4H3. The molecule has 104 valence electrons. The van der Waals surface area contributed by atoms with Gasteiger partial charge in [0.15, 0.2) is 0 Å². The van der Waals surface area contributed by atoms with E-state index < -0.39 is 9.84 Å². The van der Waals surface area contributed by atoms with Crippen molar-refractivity contribution in [1.29, 1.82) is 0 Å². The number of hydrogen-bond acceptors (Lipinski definition) is 4. The molecule has 1 unspecified atom stereocenters. The van der Waals surface area contributed by atoms with Crippen molar-refractivity contribution in [2.75, 3.05) is 37.7 Å². The number of nitrogens with zero attached hydrogens (tertiary/aromatic N) is 1. The summed E-state index contributed by atoms with van der Waals surface area (Å²) in [6, 6.07) is 0.416. The van der Waals surface area contributed by atoms with Gasteiger partial charge in [0.25, 0.3) is 0 Å². The van der Waals surface area contributed by atoms with Crippen LogP contribution in [0.15, 0.2) is 0 Å². The molecule has 17 heavy (non-hydrogen) atoms. The van der Waals surface area contributed by atoms with Crippen molar-refractivity contribution in [1.82, 2.24) is 10.2 Å². The molecular formula is C12H28N2O2S. The average molecular weight is 264 g/mol. The van der Waals surface area contributed by atoms with Gasteiger partial charge in [-0.15, -0.1) is 0 Å². The molecule has 0 heterocycles. The zero-order valence-electron chi connectivity index (χ0n) is 11.7. The van der Waals surface area contributed by atoms with E-state index >= 15 is 0 Å². The van der Waals surface area contributed by atoms with E-state index in [4.69, 9.17) is 0 Å². The third-order valence-electron chi connectivity index (χ3n) is 2.99. The monoisotopic (exact) mass is 264 g/mol. The highest BCUT2D eigenvalue weighted by Crippen LogP contribution is 1.95. The Balaban J connectivity index is 3.68. The summed E-state index contributed by atoms with van der Waals surface area (Å²) in [6.07, 6.45) is 0.707. The minimum atomic E-state index is -2.80. The van der Waals surface area contributed by atoms with Gasteiger partial charge in [-0.1, -0.05) is 20.8 Å². The molecule has 5 heteroatoms. The smallest absolute Gasteiger partial charge is 0.150 e. The predicted molar refractivity (Wildman–Crippen MR) is 74.2 cm³/mol. The summed E-state index contributed by atoms with van der Waals surface area (Å²) in [5.41, 5.74) is 0. The summed E-state index contributed by atoms with van der Waals surface area (Å²) in [5.74, 6) is 0.552. The van der Waals surface area contributed by atoms with Gasteiger partial charge in [-0.05, 0) is 33.0 Å². The van der Waals surface area contributed by atoms with E-state index in [2.05, 4.69) is 31.0 Å². The molecule has 0 radical (unpaired) electrons. The van der Waals surface area contributed by atoms with Crippen LogP contribution in [-0.4, -0.2) is 57.0 Å². The maximum Gasteiger partial charge on any atom is 0.150 e. The second kappa shape index (κ2) is 8.89. The molecule has 0 aliphatic rings. The van der Waals surface area contributed by atoms with Gasteiger partial charge >= 0.3 is 0 Å². The van der Waals surface area contributed by atoms with Crippen molar-refractivity contribution in [3.63, 3.8) is 0 Å². The summed E-state index contributed by atoms with van der Waals surface area (Å²) >= 11 is 0. The summed E-state index contributed by atoms with van der Waals surface area (Å²) in [4.78, 5) is 2.36. The largest absolute Gasteiger partial charge is 0.313 e. The van der Waals surface area contributed by atoms with E-state index in [-0.39, 0.29) is 5.75 Å². The van der Waals surface area contributed by atoms with Crippen molar-refractivity contribution < 1.29 is 8.42 Å². The molecule has 1 atom stereocenters. The fraction of sp³-hybridized carbons (Fsp3) is 1.00.